The Hall–Kier alpha value is -1.64. The highest BCUT2D eigenvalue weighted by atomic mass is 16.5. The van der Waals surface area contributed by atoms with Crippen LogP contribution < -0.4 is 0 Å². The van der Waals surface area contributed by atoms with Crippen molar-refractivity contribution in [2.45, 2.75) is 13.0 Å². The number of esters is 1. The van der Waals surface area contributed by atoms with E-state index < -0.39 is 6.10 Å². The highest BCUT2D eigenvalue weighted by Gasteiger charge is 2.09. The molecule has 1 aromatic rings. The first kappa shape index (κ1) is 9.45. The van der Waals surface area contributed by atoms with E-state index in [-0.39, 0.29) is 5.97 Å². The number of ether oxygens (including phenoxy) is 1. The Kier molecular flexibility index (Phi) is 3.20. The van der Waals surface area contributed by atoms with Crippen LogP contribution >= 0.6 is 0 Å². The number of pyridine rings is 1. The quantitative estimate of drug-likeness (QED) is 0.522. The molecular weight excluding hydrogens is 166 g/mol. The van der Waals surface area contributed by atoms with E-state index >= 15 is 0 Å². The number of nitrogens with zero attached hydrogens (tertiary/aromatic N) is 1. The molecule has 0 unspecified atom stereocenters. The van der Waals surface area contributed by atoms with Crippen LogP contribution in [0, 0.1) is 0 Å². The molecule has 1 rings (SSSR count). The van der Waals surface area contributed by atoms with Crippen LogP contribution in [0.25, 0.3) is 0 Å². The average Bonchev–Trinajstić information content (AvgIpc) is 2.15. The van der Waals surface area contributed by atoms with Crippen molar-refractivity contribution in [1.29, 1.82) is 0 Å². The summed E-state index contributed by atoms with van der Waals surface area (Å²) in [5, 5.41) is 0. The molecule has 0 saturated carbocycles. The first-order valence-electron chi connectivity index (χ1n) is 3.93. The summed E-state index contributed by atoms with van der Waals surface area (Å²) in [6, 6.07) is 3.62. The molecular formula is C10H11NO2. The van der Waals surface area contributed by atoms with Crippen LogP contribution in [0.3, 0.4) is 0 Å². The third kappa shape index (κ3) is 2.71. The Balaban J connectivity index is 2.78. The van der Waals surface area contributed by atoms with Gasteiger partial charge in [-0.25, -0.2) is 0 Å². The largest absolute Gasteiger partial charge is 0.453 e. The van der Waals surface area contributed by atoms with Crippen molar-refractivity contribution < 1.29 is 9.53 Å². The highest BCUT2D eigenvalue weighted by molar-refractivity contribution is 5.66. The summed E-state index contributed by atoms with van der Waals surface area (Å²) in [6.45, 7) is 4.95. The SMILES string of the molecule is C=C[C@@H](OC(C)=O)c1cccnc1. The van der Waals surface area contributed by atoms with Gasteiger partial charge in [-0.05, 0) is 12.1 Å². The third-order valence-corrected chi connectivity index (χ3v) is 1.52. The molecule has 0 N–H and O–H groups in total. The predicted molar refractivity (Wildman–Crippen MR) is 48.9 cm³/mol. The first-order valence-corrected chi connectivity index (χ1v) is 3.93. The van der Waals surface area contributed by atoms with E-state index in [9.17, 15) is 4.79 Å². The monoisotopic (exact) mass is 177 g/mol. The van der Waals surface area contributed by atoms with Crippen LogP contribution in [-0.4, -0.2) is 11.0 Å². The molecule has 0 spiro atoms. The number of hydrogen-bond acceptors (Lipinski definition) is 3. The minimum absolute atomic E-state index is 0.325. The zero-order chi connectivity index (χ0) is 9.68. The van der Waals surface area contributed by atoms with Gasteiger partial charge in [0, 0.05) is 24.9 Å². The highest BCUT2D eigenvalue weighted by Crippen LogP contribution is 2.16. The Morgan fingerprint density at radius 1 is 1.77 bits per heavy atom. The second kappa shape index (κ2) is 4.40. The molecule has 1 heterocycles. The van der Waals surface area contributed by atoms with Gasteiger partial charge in [-0.3, -0.25) is 9.78 Å². The molecule has 0 aliphatic carbocycles. The Morgan fingerprint density at radius 2 is 2.54 bits per heavy atom. The summed E-state index contributed by atoms with van der Waals surface area (Å²) >= 11 is 0. The van der Waals surface area contributed by atoms with Gasteiger partial charge in [0.2, 0.25) is 0 Å². The van der Waals surface area contributed by atoms with Crippen molar-refractivity contribution >= 4 is 5.97 Å². The second-order valence-electron chi connectivity index (χ2n) is 2.55. The molecule has 0 radical (unpaired) electrons. The number of carbonyl (C=O) groups excluding carboxylic acids is 1. The van der Waals surface area contributed by atoms with E-state index in [0.717, 1.165) is 5.56 Å². The van der Waals surface area contributed by atoms with Crippen molar-refractivity contribution in [3.63, 3.8) is 0 Å². The van der Waals surface area contributed by atoms with Gasteiger partial charge in [-0.2, -0.15) is 0 Å². The van der Waals surface area contributed by atoms with Gasteiger partial charge in [-0.15, -0.1) is 0 Å². The molecule has 13 heavy (non-hydrogen) atoms. The molecule has 1 aromatic heterocycles. The molecule has 0 bridgehead atoms. The van der Waals surface area contributed by atoms with Crippen LogP contribution in [0.4, 0.5) is 0 Å². The molecule has 0 amide bonds. The number of rotatable bonds is 3. The maximum absolute atomic E-state index is 10.7. The van der Waals surface area contributed by atoms with Gasteiger partial charge in [0.05, 0.1) is 0 Å². The maximum Gasteiger partial charge on any atom is 0.303 e. The van der Waals surface area contributed by atoms with E-state index in [1.54, 1.807) is 24.5 Å². The maximum atomic E-state index is 10.7. The third-order valence-electron chi connectivity index (χ3n) is 1.52. The lowest BCUT2D eigenvalue weighted by atomic mass is 10.1. The summed E-state index contributed by atoms with van der Waals surface area (Å²) in [4.78, 5) is 14.6. The van der Waals surface area contributed by atoms with E-state index in [1.165, 1.54) is 6.92 Å². The van der Waals surface area contributed by atoms with Crippen molar-refractivity contribution in [2.24, 2.45) is 0 Å². The summed E-state index contributed by atoms with van der Waals surface area (Å²) in [6.07, 6.45) is 4.48. The number of aromatic nitrogens is 1. The predicted octanol–water partition coefficient (Wildman–Crippen LogP) is 1.87. The van der Waals surface area contributed by atoms with Gasteiger partial charge in [0.15, 0.2) is 0 Å². The lowest BCUT2D eigenvalue weighted by Crippen LogP contribution is -2.05. The Morgan fingerprint density at radius 3 is 3.00 bits per heavy atom. The van der Waals surface area contributed by atoms with Crippen LogP contribution in [0.15, 0.2) is 37.2 Å². The fraction of sp³-hybridized carbons (Fsp3) is 0.200. The van der Waals surface area contributed by atoms with E-state index in [0.29, 0.717) is 0 Å². The van der Waals surface area contributed by atoms with Gasteiger partial charge in [0.1, 0.15) is 6.10 Å². The van der Waals surface area contributed by atoms with Gasteiger partial charge < -0.3 is 4.74 Å². The normalized spacial score (nSPS) is 11.8. The topological polar surface area (TPSA) is 39.2 Å². The Bertz CT molecular complexity index is 295. The van der Waals surface area contributed by atoms with Crippen molar-refractivity contribution in [2.75, 3.05) is 0 Å². The summed E-state index contributed by atoms with van der Waals surface area (Å²) in [5.74, 6) is -0.325. The Labute approximate surface area is 77.1 Å². The molecule has 68 valence electrons. The molecule has 0 aliphatic rings. The van der Waals surface area contributed by atoms with Crippen LogP contribution in [0.1, 0.15) is 18.6 Å². The van der Waals surface area contributed by atoms with Crippen LogP contribution in [0.2, 0.25) is 0 Å². The van der Waals surface area contributed by atoms with E-state index in [4.69, 9.17) is 4.74 Å². The zero-order valence-corrected chi connectivity index (χ0v) is 7.43. The summed E-state index contributed by atoms with van der Waals surface area (Å²) in [7, 11) is 0. The van der Waals surface area contributed by atoms with Gasteiger partial charge >= 0.3 is 5.97 Å². The average molecular weight is 177 g/mol. The number of carbonyl (C=O) groups is 1. The zero-order valence-electron chi connectivity index (χ0n) is 7.43. The molecule has 0 aliphatic heterocycles. The first-order chi connectivity index (χ1) is 6.24. The molecule has 0 saturated heterocycles. The molecule has 0 aromatic carbocycles. The number of hydrogen-bond donors (Lipinski definition) is 0. The van der Waals surface area contributed by atoms with Gasteiger partial charge in [0.25, 0.3) is 0 Å². The van der Waals surface area contributed by atoms with Crippen molar-refractivity contribution in [3.8, 4) is 0 Å². The van der Waals surface area contributed by atoms with E-state index in [1.807, 2.05) is 6.07 Å². The van der Waals surface area contributed by atoms with Crippen LogP contribution in [0.5, 0.6) is 0 Å². The van der Waals surface area contributed by atoms with Crippen LogP contribution in [-0.2, 0) is 9.53 Å². The second-order valence-corrected chi connectivity index (χ2v) is 2.55. The standard InChI is InChI=1S/C10H11NO2/c1-3-10(13-8(2)12)9-5-4-6-11-7-9/h3-7,10H,1H2,2H3/t10-/m1/s1. The summed E-state index contributed by atoms with van der Waals surface area (Å²) in [5.41, 5.74) is 0.827. The molecule has 3 heteroatoms. The fourth-order valence-electron chi connectivity index (χ4n) is 0.975. The van der Waals surface area contributed by atoms with Crippen molar-refractivity contribution in [3.05, 3.63) is 42.7 Å². The molecule has 3 nitrogen and oxygen atoms in total. The molecule has 1 atom stereocenters. The minimum Gasteiger partial charge on any atom is -0.453 e. The lowest BCUT2D eigenvalue weighted by Gasteiger charge is -2.11. The van der Waals surface area contributed by atoms with E-state index in [2.05, 4.69) is 11.6 Å². The van der Waals surface area contributed by atoms with Crippen molar-refractivity contribution in [1.82, 2.24) is 4.98 Å². The summed E-state index contributed by atoms with van der Waals surface area (Å²) < 4.78 is 4.99. The fourth-order valence-corrected chi connectivity index (χ4v) is 0.975. The van der Waals surface area contributed by atoms with Gasteiger partial charge in [-0.1, -0.05) is 12.6 Å². The smallest absolute Gasteiger partial charge is 0.303 e. The molecule has 0 fully saturated rings. The minimum atomic E-state index is -0.397. The lowest BCUT2D eigenvalue weighted by molar-refractivity contribution is -0.144.